The summed E-state index contributed by atoms with van der Waals surface area (Å²) in [5.74, 6) is 1.13. The predicted molar refractivity (Wildman–Crippen MR) is 114 cm³/mol. The van der Waals surface area contributed by atoms with E-state index < -0.39 is 0 Å². The summed E-state index contributed by atoms with van der Waals surface area (Å²) in [7, 11) is 0. The molecular weight excluding hydrogens is 352 g/mol. The van der Waals surface area contributed by atoms with Crippen molar-refractivity contribution in [3.05, 3.63) is 58.9 Å². The Morgan fingerprint density at radius 3 is 2.63 bits per heavy atom. The number of aromatic nitrogens is 1. The number of aliphatic imine (C=N–C) groups is 1. The highest BCUT2D eigenvalue weighted by atomic mass is 32.2. The van der Waals surface area contributed by atoms with Crippen LogP contribution in [0.1, 0.15) is 47.3 Å². The van der Waals surface area contributed by atoms with Gasteiger partial charge in [-0.05, 0) is 61.6 Å². The SMILES string of the molecule is Cc1c([C@@H]2[C@H](c3ccccn3)N=C3SCCN32)ccc(N2CCCC2)c1C. The fourth-order valence-electron chi connectivity index (χ4n) is 4.71. The summed E-state index contributed by atoms with van der Waals surface area (Å²) in [6.07, 6.45) is 4.51. The summed E-state index contributed by atoms with van der Waals surface area (Å²) >= 11 is 1.88. The molecule has 4 heterocycles. The minimum Gasteiger partial charge on any atom is -0.371 e. The van der Waals surface area contributed by atoms with Gasteiger partial charge in [-0.1, -0.05) is 23.9 Å². The Labute approximate surface area is 165 Å². The molecule has 2 aromatic rings. The van der Waals surface area contributed by atoms with Crippen LogP contribution in [0.4, 0.5) is 5.69 Å². The van der Waals surface area contributed by atoms with Gasteiger partial charge in [0.25, 0.3) is 0 Å². The minimum atomic E-state index is 0.0877. The van der Waals surface area contributed by atoms with Crippen LogP contribution in [0.25, 0.3) is 0 Å². The Morgan fingerprint density at radius 2 is 1.85 bits per heavy atom. The summed E-state index contributed by atoms with van der Waals surface area (Å²) in [6, 6.07) is 11.2. The zero-order valence-electron chi connectivity index (χ0n) is 16.1. The van der Waals surface area contributed by atoms with Gasteiger partial charge >= 0.3 is 0 Å². The van der Waals surface area contributed by atoms with Crippen molar-refractivity contribution in [3.63, 3.8) is 0 Å². The van der Waals surface area contributed by atoms with E-state index in [1.165, 1.54) is 53.5 Å². The number of hydrogen-bond acceptors (Lipinski definition) is 5. The van der Waals surface area contributed by atoms with Gasteiger partial charge in [0.05, 0.1) is 11.7 Å². The fraction of sp³-hybridized carbons (Fsp3) is 0.455. The topological polar surface area (TPSA) is 31.7 Å². The molecule has 5 rings (SSSR count). The summed E-state index contributed by atoms with van der Waals surface area (Å²) in [6.45, 7) is 8.04. The van der Waals surface area contributed by atoms with Crippen LogP contribution < -0.4 is 4.90 Å². The van der Waals surface area contributed by atoms with Gasteiger partial charge in [0.1, 0.15) is 6.04 Å². The van der Waals surface area contributed by atoms with Gasteiger partial charge in [-0.3, -0.25) is 9.98 Å². The molecule has 0 spiro atoms. The molecule has 0 bridgehead atoms. The van der Waals surface area contributed by atoms with E-state index in [4.69, 9.17) is 4.99 Å². The van der Waals surface area contributed by atoms with Crippen LogP contribution in [0.5, 0.6) is 0 Å². The number of anilines is 1. The molecule has 2 saturated heterocycles. The number of pyridine rings is 1. The number of rotatable bonds is 3. The van der Waals surface area contributed by atoms with Gasteiger partial charge in [0.2, 0.25) is 0 Å². The van der Waals surface area contributed by atoms with Crippen LogP contribution in [0.3, 0.4) is 0 Å². The number of hydrogen-bond donors (Lipinski definition) is 0. The van der Waals surface area contributed by atoms with Crippen LogP contribution in [0.2, 0.25) is 0 Å². The van der Waals surface area contributed by atoms with Crippen LogP contribution in [0.15, 0.2) is 41.5 Å². The first-order valence-corrected chi connectivity index (χ1v) is 11.0. The highest BCUT2D eigenvalue weighted by Gasteiger charge is 2.42. The molecule has 3 aliphatic heterocycles. The molecule has 140 valence electrons. The lowest BCUT2D eigenvalue weighted by Crippen LogP contribution is -2.28. The van der Waals surface area contributed by atoms with Crippen molar-refractivity contribution in [1.29, 1.82) is 0 Å². The smallest absolute Gasteiger partial charge is 0.160 e. The highest BCUT2D eigenvalue weighted by Crippen LogP contribution is 2.47. The maximum atomic E-state index is 5.08. The van der Waals surface area contributed by atoms with Crippen molar-refractivity contribution in [2.24, 2.45) is 4.99 Å². The van der Waals surface area contributed by atoms with E-state index >= 15 is 0 Å². The number of thioether (sulfide) groups is 1. The maximum absolute atomic E-state index is 5.08. The van der Waals surface area contributed by atoms with Gasteiger partial charge in [0, 0.05) is 37.3 Å². The minimum absolute atomic E-state index is 0.0877. The van der Waals surface area contributed by atoms with Crippen molar-refractivity contribution < 1.29 is 0 Å². The summed E-state index contributed by atoms with van der Waals surface area (Å²) in [4.78, 5) is 14.8. The Kier molecular flexibility index (Phi) is 4.35. The molecule has 3 aliphatic rings. The normalized spacial score (nSPS) is 24.4. The monoisotopic (exact) mass is 378 g/mol. The molecule has 2 atom stereocenters. The number of nitrogens with zero attached hydrogens (tertiary/aromatic N) is 4. The maximum Gasteiger partial charge on any atom is 0.160 e. The standard InChI is InChI=1S/C22H26N4S/c1-15-16(2)19(25-11-5-6-12-25)9-8-17(15)21-20(18-7-3-4-10-23-18)24-22-26(21)13-14-27-22/h3-4,7-10,20-21H,5-6,11-14H2,1-2H3/t20-,21+/m0/s1. The average Bonchev–Trinajstić information content (AvgIpc) is 3.42. The van der Waals surface area contributed by atoms with E-state index in [0.717, 1.165) is 18.0 Å². The average molecular weight is 379 g/mol. The molecule has 1 aromatic heterocycles. The Morgan fingerprint density at radius 1 is 1.00 bits per heavy atom. The van der Waals surface area contributed by atoms with E-state index in [1.807, 2.05) is 24.0 Å². The number of amidine groups is 1. The van der Waals surface area contributed by atoms with Gasteiger partial charge in [-0.15, -0.1) is 0 Å². The number of fused-ring (bicyclic) bond motifs is 1. The van der Waals surface area contributed by atoms with Crippen LogP contribution in [0, 0.1) is 13.8 Å². The van der Waals surface area contributed by atoms with Gasteiger partial charge in [-0.2, -0.15) is 0 Å². The van der Waals surface area contributed by atoms with Crippen molar-refractivity contribution >= 4 is 22.6 Å². The molecule has 5 heteroatoms. The summed E-state index contributed by atoms with van der Waals surface area (Å²) in [5.41, 5.74) is 6.74. The second kappa shape index (κ2) is 6.86. The largest absolute Gasteiger partial charge is 0.371 e. The lowest BCUT2D eigenvalue weighted by molar-refractivity contribution is 0.331. The first-order chi connectivity index (χ1) is 13.2. The third kappa shape index (κ3) is 2.83. The summed E-state index contributed by atoms with van der Waals surface area (Å²) < 4.78 is 0. The van der Waals surface area contributed by atoms with E-state index in [1.54, 1.807) is 0 Å². The first kappa shape index (κ1) is 17.1. The Hall–Kier alpha value is -2.01. The zero-order chi connectivity index (χ0) is 18.4. The summed E-state index contributed by atoms with van der Waals surface area (Å²) in [5, 5.41) is 1.19. The van der Waals surface area contributed by atoms with E-state index in [2.05, 4.69) is 52.9 Å². The Balaban J connectivity index is 1.56. The van der Waals surface area contributed by atoms with E-state index in [9.17, 15) is 0 Å². The van der Waals surface area contributed by atoms with Gasteiger partial charge in [-0.25, -0.2) is 0 Å². The van der Waals surface area contributed by atoms with Crippen LogP contribution >= 0.6 is 11.8 Å². The van der Waals surface area contributed by atoms with Gasteiger partial charge in [0.15, 0.2) is 5.17 Å². The first-order valence-electron chi connectivity index (χ1n) is 9.97. The quantitative estimate of drug-likeness (QED) is 0.787. The molecule has 0 N–H and O–H groups in total. The molecule has 0 aliphatic carbocycles. The second-order valence-corrected chi connectivity index (χ2v) is 8.78. The number of benzene rings is 1. The van der Waals surface area contributed by atoms with Crippen molar-refractivity contribution in [3.8, 4) is 0 Å². The van der Waals surface area contributed by atoms with Crippen molar-refractivity contribution in [2.45, 2.75) is 38.8 Å². The van der Waals surface area contributed by atoms with E-state index in [-0.39, 0.29) is 12.1 Å². The highest BCUT2D eigenvalue weighted by molar-refractivity contribution is 8.14. The van der Waals surface area contributed by atoms with E-state index in [0.29, 0.717) is 0 Å². The second-order valence-electron chi connectivity index (χ2n) is 7.72. The van der Waals surface area contributed by atoms with Gasteiger partial charge < -0.3 is 9.80 Å². The predicted octanol–water partition coefficient (Wildman–Crippen LogP) is 4.50. The molecule has 0 amide bonds. The molecule has 0 saturated carbocycles. The van der Waals surface area contributed by atoms with Crippen molar-refractivity contribution in [2.75, 3.05) is 30.3 Å². The third-order valence-electron chi connectivity index (χ3n) is 6.25. The van der Waals surface area contributed by atoms with Crippen LogP contribution in [-0.2, 0) is 0 Å². The van der Waals surface area contributed by atoms with Crippen LogP contribution in [-0.4, -0.2) is 40.4 Å². The van der Waals surface area contributed by atoms with Crippen molar-refractivity contribution in [1.82, 2.24) is 9.88 Å². The molecule has 0 unspecified atom stereocenters. The lowest BCUT2D eigenvalue weighted by Gasteiger charge is -2.30. The molecular formula is C22H26N4S. The molecule has 0 radical (unpaired) electrons. The fourth-order valence-corrected chi connectivity index (χ4v) is 5.74. The molecule has 27 heavy (non-hydrogen) atoms. The zero-order valence-corrected chi connectivity index (χ0v) is 16.9. The Bertz CT molecular complexity index is 873. The molecule has 2 fully saturated rings. The lowest BCUT2D eigenvalue weighted by atomic mass is 9.90. The molecule has 4 nitrogen and oxygen atoms in total. The molecule has 1 aromatic carbocycles. The third-order valence-corrected chi connectivity index (χ3v) is 7.23.